The van der Waals surface area contributed by atoms with Gasteiger partial charge in [-0.25, -0.2) is 0 Å². The summed E-state index contributed by atoms with van der Waals surface area (Å²) in [5, 5.41) is 7.95. The smallest absolute Gasteiger partial charge is 0.170 e. The van der Waals surface area contributed by atoms with Gasteiger partial charge in [0.05, 0.1) is 0 Å². The van der Waals surface area contributed by atoms with Crippen LogP contribution >= 0.6 is 35.4 Å². The van der Waals surface area contributed by atoms with Crippen molar-refractivity contribution in [3.05, 3.63) is 28.2 Å². The molecule has 0 saturated carbocycles. The van der Waals surface area contributed by atoms with Crippen molar-refractivity contribution in [1.82, 2.24) is 5.32 Å². The maximum Gasteiger partial charge on any atom is 0.170 e. The summed E-state index contributed by atoms with van der Waals surface area (Å²) in [4.78, 5) is 0. The van der Waals surface area contributed by atoms with Crippen LogP contribution in [-0.4, -0.2) is 11.7 Å². The Labute approximate surface area is 118 Å². The van der Waals surface area contributed by atoms with Crippen molar-refractivity contribution in [2.75, 3.05) is 11.9 Å². The topological polar surface area (TPSA) is 24.1 Å². The molecule has 0 fully saturated rings. The average Bonchev–Trinajstić information content (AvgIpc) is 2.14. The van der Waals surface area contributed by atoms with E-state index in [9.17, 15) is 0 Å². The Kier molecular flexibility index (Phi) is 6.03. The normalized spacial score (nSPS) is 10.4. The van der Waals surface area contributed by atoms with Gasteiger partial charge in [0.2, 0.25) is 0 Å². The number of thiocarbonyl (C=S) groups is 1. The molecular formula is C12H16Cl2N2S. The summed E-state index contributed by atoms with van der Waals surface area (Å²) in [7, 11) is 0. The molecule has 0 aliphatic heterocycles. The number of hydrogen-bond acceptors (Lipinski definition) is 1. The third-order valence-corrected chi connectivity index (χ3v) is 2.81. The first kappa shape index (κ1) is 14.6. The Morgan fingerprint density at radius 3 is 2.35 bits per heavy atom. The van der Waals surface area contributed by atoms with E-state index in [2.05, 4.69) is 24.5 Å². The Hall–Kier alpha value is -0.510. The van der Waals surface area contributed by atoms with Crippen LogP contribution in [0.3, 0.4) is 0 Å². The molecule has 0 aliphatic carbocycles. The highest BCUT2D eigenvalue weighted by Crippen LogP contribution is 2.22. The summed E-state index contributed by atoms with van der Waals surface area (Å²) >= 11 is 16.9. The molecule has 1 aromatic carbocycles. The Morgan fingerprint density at radius 2 is 1.82 bits per heavy atom. The maximum atomic E-state index is 5.89. The van der Waals surface area contributed by atoms with E-state index in [4.69, 9.17) is 35.4 Å². The zero-order valence-electron chi connectivity index (χ0n) is 9.89. The van der Waals surface area contributed by atoms with Crippen LogP contribution < -0.4 is 10.6 Å². The molecule has 2 nitrogen and oxygen atoms in total. The predicted octanol–water partition coefficient (Wildman–Crippen LogP) is 4.33. The first-order chi connectivity index (χ1) is 7.97. The number of benzene rings is 1. The summed E-state index contributed by atoms with van der Waals surface area (Å²) in [6.07, 6.45) is 1.08. The Morgan fingerprint density at radius 1 is 1.24 bits per heavy atom. The fourth-order valence-corrected chi connectivity index (χ4v) is 2.02. The highest BCUT2D eigenvalue weighted by Gasteiger charge is 2.01. The van der Waals surface area contributed by atoms with Crippen LogP contribution in [0.1, 0.15) is 20.3 Å². The van der Waals surface area contributed by atoms with Gasteiger partial charge in [-0.3, -0.25) is 0 Å². The zero-order chi connectivity index (χ0) is 12.8. The van der Waals surface area contributed by atoms with E-state index in [0.717, 1.165) is 18.7 Å². The largest absolute Gasteiger partial charge is 0.362 e. The molecule has 2 N–H and O–H groups in total. The molecule has 0 heterocycles. The van der Waals surface area contributed by atoms with Crippen LogP contribution in [0.15, 0.2) is 18.2 Å². The molecule has 94 valence electrons. The third-order valence-electron chi connectivity index (χ3n) is 2.13. The minimum Gasteiger partial charge on any atom is -0.362 e. The van der Waals surface area contributed by atoms with Crippen molar-refractivity contribution in [1.29, 1.82) is 0 Å². The minimum atomic E-state index is 0.587. The molecule has 0 bridgehead atoms. The summed E-state index contributed by atoms with van der Waals surface area (Å²) < 4.78 is 0. The van der Waals surface area contributed by atoms with Crippen molar-refractivity contribution >= 4 is 46.2 Å². The van der Waals surface area contributed by atoms with Gasteiger partial charge in [-0.2, -0.15) is 0 Å². The minimum absolute atomic E-state index is 0.587. The van der Waals surface area contributed by atoms with E-state index in [-0.39, 0.29) is 0 Å². The standard InChI is InChI=1S/C12H16Cl2N2S/c1-8(2)3-4-15-12(17)16-11-6-9(13)5-10(14)7-11/h5-8H,3-4H2,1-2H3,(H2,15,16,17). The molecule has 0 spiro atoms. The Balaban J connectivity index is 2.45. The lowest BCUT2D eigenvalue weighted by Gasteiger charge is -2.12. The Bertz CT molecular complexity index is 374. The summed E-state index contributed by atoms with van der Waals surface area (Å²) in [5.41, 5.74) is 0.796. The highest BCUT2D eigenvalue weighted by atomic mass is 35.5. The van der Waals surface area contributed by atoms with Gasteiger partial charge in [0.15, 0.2) is 5.11 Å². The molecule has 1 aromatic rings. The van der Waals surface area contributed by atoms with Gasteiger partial charge >= 0.3 is 0 Å². The predicted molar refractivity (Wildman–Crippen MR) is 80.1 cm³/mol. The van der Waals surface area contributed by atoms with Crippen LogP contribution in [0.5, 0.6) is 0 Å². The van der Waals surface area contributed by atoms with Gasteiger partial charge in [0.25, 0.3) is 0 Å². The summed E-state index contributed by atoms with van der Waals surface area (Å²) in [6, 6.07) is 5.25. The molecular weight excluding hydrogens is 275 g/mol. The first-order valence-corrected chi connectivity index (χ1v) is 6.64. The third kappa shape index (κ3) is 6.10. The zero-order valence-corrected chi connectivity index (χ0v) is 12.2. The lowest BCUT2D eigenvalue weighted by Crippen LogP contribution is -2.29. The maximum absolute atomic E-state index is 5.89. The van der Waals surface area contributed by atoms with Gasteiger partial charge in [-0.05, 0) is 42.8 Å². The number of halogens is 2. The van der Waals surface area contributed by atoms with Crippen LogP contribution in [0.25, 0.3) is 0 Å². The van der Waals surface area contributed by atoms with Gasteiger partial charge in [-0.15, -0.1) is 0 Å². The van der Waals surface area contributed by atoms with E-state index in [1.165, 1.54) is 0 Å². The molecule has 0 unspecified atom stereocenters. The van der Waals surface area contributed by atoms with E-state index in [0.29, 0.717) is 21.1 Å². The van der Waals surface area contributed by atoms with Crippen molar-refractivity contribution in [3.8, 4) is 0 Å². The van der Waals surface area contributed by atoms with Crippen molar-refractivity contribution in [3.63, 3.8) is 0 Å². The molecule has 0 atom stereocenters. The molecule has 0 amide bonds. The number of nitrogens with one attached hydrogen (secondary N) is 2. The van der Waals surface area contributed by atoms with E-state index in [1.807, 2.05) is 0 Å². The van der Waals surface area contributed by atoms with Gasteiger partial charge in [-0.1, -0.05) is 37.0 Å². The number of anilines is 1. The second-order valence-electron chi connectivity index (χ2n) is 4.22. The van der Waals surface area contributed by atoms with Gasteiger partial charge in [0, 0.05) is 22.3 Å². The fourth-order valence-electron chi connectivity index (χ4n) is 1.28. The van der Waals surface area contributed by atoms with Crippen molar-refractivity contribution in [2.45, 2.75) is 20.3 Å². The van der Waals surface area contributed by atoms with E-state index >= 15 is 0 Å². The molecule has 0 saturated heterocycles. The lowest BCUT2D eigenvalue weighted by atomic mass is 10.1. The molecule has 1 rings (SSSR count). The van der Waals surface area contributed by atoms with Gasteiger partial charge in [0.1, 0.15) is 0 Å². The number of rotatable bonds is 4. The second-order valence-corrected chi connectivity index (χ2v) is 5.50. The van der Waals surface area contributed by atoms with Crippen LogP contribution in [0.2, 0.25) is 10.0 Å². The fraction of sp³-hybridized carbons (Fsp3) is 0.417. The summed E-state index contributed by atoms with van der Waals surface area (Å²) in [5.74, 6) is 0.658. The second kappa shape index (κ2) is 7.04. The average molecular weight is 291 g/mol. The molecule has 5 heteroatoms. The molecule has 0 aliphatic rings. The van der Waals surface area contributed by atoms with Crippen molar-refractivity contribution < 1.29 is 0 Å². The van der Waals surface area contributed by atoms with E-state index < -0.39 is 0 Å². The van der Waals surface area contributed by atoms with Gasteiger partial charge < -0.3 is 10.6 Å². The number of hydrogen-bond donors (Lipinski definition) is 2. The van der Waals surface area contributed by atoms with Crippen LogP contribution in [0.4, 0.5) is 5.69 Å². The molecule has 0 radical (unpaired) electrons. The quantitative estimate of drug-likeness (QED) is 0.808. The highest BCUT2D eigenvalue weighted by molar-refractivity contribution is 7.80. The van der Waals surface area contributed by atoms with Crippen LogP contribution in [-0.2, 0) is 0 Å². The monoisotopic (exact) mass is 290 g/mol. The summed E-state index contributed by atoms with van der Waals surface area (Å²) in [6.45, 7) is 5.21. The SMILES string of the molecule is CC(C)CCNC(=S)Nc1cc(Cl)cc(Cl)c1. The van der Waals surface area contributed by atoms with E-state index in [1.54, 1.807) is 18.2 Å². The lowest BCUT2D eigenvalue weighted by molar-refractivity contribution is 0.579. The van der Waals surface area contributed by atoms with Crippen molar-refractivity contribution in [2.24, 2.45) is 5.92 Å². The molecule has 0 aromatic heterocycles. The first-order valence-electron chi connectivity index (χ1n) is 5.48. The van der Waals surface area contributed by atoms with Crippen LogP contribution in [0, 0.1) is 5.92 Å². The molecule has 17 heavy (non-hydrogen) atoms.